The molecule has 7 heteroatoms. The van der Waals surface area contributed by atoms with Gasteiger partial charge in [0.05, 0.1) is 15.7 Å². The van der Waals surface area contributed by atoms with E-state index in [0.717, 1.165) is 5.56 Å². The second kappa shape index (κ2) is 7.00. The number of anilines is 1. The van der Waals surface area contributed by atoms with Crippen LogP contribution < -0.4 is 11.1 Å². The Morgan fingerprint density at radius 3 is 2.43 bits per heavy atom. The predicted molar refractivity (Wildman–Crippen MR) is 86.3 cm³/mol. The molecule has 5 nitrogen and oxygen atoms in total. The molecule has 0 fully saturated rings. The first-order valence-electron chi connectivity index (χ1n) is 6.58. The van der Waals surface area contributed by atoms with Crippen LogP contribution in [0.15, 0.2) is 17.3 Å². The standard InChI is InChI=1S/C14H19Cl2N3O2/c1-4-14(5-2,12(17)19-21)13(20)18-11-9(15)7-6-8(3)10(11)16/h6-7,21H,4-5H2,1-3H3,(H2,17,19)(H,18,20). The van der Waals surface area contributed by atoms with Crippen LogP contribution in [0, 0.1) is 12.3 Å². The lowest BCUT2D eigenvalue weighted by Gasteiger charge is -2.29. The second-order valence-corrected chi connectivity index (χ2v) is 5.57. The Labute approximate surface area is 134 Å². The van der Waals surface area contributed by atoms with Gasteiger partial charge < -0.3 is 16.3 Å². The van der Waals surface area contributed by atoms with Gasteiger partial charge in [-0.3, -0.25) is 4.79 Å². The van der Waals surface area contributed by atoms with E-state index in [1.165, 1.54) is 0 Å². The number of nitrogens with zero attached hydrogens (tertiary/aromatic N) is 1. The van der Waals surface area contributed by atoms with Crippen molar-refractivity contribution in [2.75, 3.05) is 5.32 Å². The maximum Gasteiger partial charge on any atom is 0.238 e. The van der Waals surface area contributed by atoms with E-state index in [-0.39, 0.29) is 5.84 Å². The zero-order valence-electron chi connectivity index (χ0n) is 12.2. The number of hydrogen-bond acceptors (Lipinski definition) is 3. The summed E-state index contributed by atoms with van der Waals surface area (Å²) in [7, 11) is 0. The number of carbonyl (C=O) groups excluding carboxylic acids is 1. The molecule has 1 rings (SSSR count). The van der Waals surface area contributed by atoms with Gasteiger partial charge in [0.1, 0.15) is 5.41 Å². The third kappa shape index (κ3) is 3.24. The van der Waals surface area contributed by atoms with E-state index in [1.807, 2.05) is 6.92 Å². The molecule has 21 heavy (non-hydrogen) atoms. The van der Waals surface area contributed by atoms with Crippen molar-refractivity contribution in [3.05, 3.63) is 27.7 Å². The molecule has 1 aromatic carbocycles. The molecule has 0 aliphatic rings. The summed E-state index contributed by atoms with van der Waals surface area (Å²) in [5.41, 5.74) is 5.73. The first-order valence-corrected chi connectivity index (χ1v) is 7.33. The zero-order chi connectivity index (χ0) is 16.2. The first-order chi connectivity index (χ1) is 9.83. The van der Waals surface area contributed by atoms with Gasteiger partial charge in [0, 0.05) is 0 Å². The summed E-state index contributed by atoms with van der Waals surface area (Å²) < 4.78 is 0. The Bertz CT molecular complexity index is 570. The highest BCUT2D eigenvalue weighted by atomic mass is 35.5. The number of amides is 1. The van der Waals surface area contributed by atoms with Gasteiger partial charge >= 0.3 is 0 Å². The van der Waals surface area contributed by atoms with E-state index in [0.29, 0.717) is 28.6 Å². The minimum absolute atomic E-state index is 0.134. The Morgan fingerprint density at radius 1 is 1.38 bits per heavy atom. The SMILES string of the molecule is CCC(CC)(C(=O)Nc1c(Cl)ccc(C)c1Cl)C(N)=NO. The number of nitrogens with two attached hydrogens (primary N) is 1. The molecule has 0 atom stereocenters. The summed E-state index contributed by atoms with van der Waals surface area (Å²) in [5.74, 6) is -0.540. The van der Waals surface area contributed by atoms with Crippen LogP contribution in [0.2, 0.25) is 10.0 Å². The summed E-state index contributed by atoms with van der Waals surface area (Å²) in [4.78, 5) is 12.6. The van der Waals surface area contributed by atoms with Gasteiger partial charge in [-0.05, 0) is 31.4 Å². The Balaban J connectivity index is 3.24. The number of carbonyl (C=O) groups is 1. The van der Waals surface area contributed by atoms with Crippen molar-refractivity contribution in [2.45, 2.75) is 33.6 Å². The summed E-state index contributed by atoms with van der Waals surface area (Å²) in [5, 5.41) is 15.3. The van der Waals surface area contributed by atoms with Crippen molar-refractivity contribution >= 4 is 40.6 Å². The molecule has 0 heterocycles. The first kappa shape index (κ1) is 17.6. The third-order valence-corrected chi connectivity index (χ3v) is 4.56. The van der Waals surface area contributed by atoms with Crippen LogP contribution in [0.25, 0.3) is 0 Å². The molecule has 0 bridgehead atoms. The van der Waals surface area contributed by atoms with Gasteiger partial charge in [0.2, 0.25) is 5.91 Å². The summed E-state index contributed by atoms with van der Waals surface area (Å²) in [6.07, 6.45) is 0.762. The van der Waals surface area contributed by atoms with Gasteiger partial charge in [0.25, 0.3) is 0 Å². The molecule has 0 spiro atoms. The fraction of sp³-hybridized carbons (Fsp3) is 0.429. The molecule has 0 aromatic heterocycles. The third-order valence-electron chi connectivity index (χ3n) is 3.76. The second-order valence-electron chi connectivity index (χ2n) is 4.78. The van der Waals surface area contributed by atoms with E-state index in [2.05, 4.69) is 10.5 Å². The number of benzene rings is 1. The van der Waals surface area contributed by atoms with Crippen LogP contribution in [0.4, 0.5) is 5.69 Å². The summed E-state index contributed by atoms with van der Waals surface area (Å²) in [6, 6.07) is 3.41. The maximum atomic E-state index is 12.6. The zero-order valence-corrected chi connectivity index (χ0v) is 13.7. The highest BCUT2D eigenvalue weighted by Gasteiger charge is 2.40. The van der Waals surface area contributed by atoms with E-state index >= 15 is 0 Å². The topological polar surface area (TPSA) is 87.7 Å². The van der Waals surface area contributed by atoms with E-state index in [4.69, 9.17) is 34.1 Å². The van der Waals surface area contributed by atoms with E-state index in [1.54, 1.807) is 26.0 Å². The predicted octanol–water partition coefficient (Wildman–Crippen LogP) is 3.79. The lowest BCUT2D eigenvalue weighted by atomic mass is 9.80. The molecular weight excluding hydrogens is 313 g/mol. The van der Waals surface area contributed by atoms with Gasteiger partial charge in [0.15, 0.2) is 5.84 Å². The molecule has 0 aliphatic carbocycles. The molecule has 0 saturated heterocycles. The minimum atomic E-state index is -1.11. The summed E-state index contributed by atoms with van der Waals surface area (Å²) >= 11 is 12.3. The molecule has 1 aromatic rings. The number of halogens is 2. The lowest BCUT2D eigenvalue weighted by molar-refractivity contribution is -0.122. The van der Waals surface area contributed by atoms with Crippen LogP contribution in [0.1, 0.15) is 32.3 Å². The number of oxime groups is 1. The lowest BCUT2D eigenvalue weighted by Crippen LogP contribution is -2.46. The molecule has 0 unspecified atom stereocenters. The normalized spacial score (nSPS) is 12.3. The smallest absolute Gasteiger partial charge is 0.238 e. The van der Waals surface area contributed by atoms with Crippen LogP contribution in [0.3, 0.4) is 0 Å². The molecule has 0 radical (unpaired) electrons. The molecule has 0 saturated carbocycles. The van der Waals surface area contributed by atoms with Gasteiger partial charge in [-0.25, -0.2) is 0 Å². The molecule has 1 amide bonds. The van der Waals surface area contributed by atoms with Crippen LogP contribution >= 0.6 is 23.2 Å². The van der Waals surface area contributed by atoms with Gasteiger partial charge in [-0.1, -0.05) is 48.3 Å². The van der Waals surface area contributed by atoms with E-state index < -0.39 is 11.3 Å². The van der Waals surface area contributed by atoms with Crippen molar-refractivity contribution in [3.8, 4) is 0 Å². The Morgan fingerprint density at radius 2 is 1.95 bits per heavy atom. The fourth-order valence-corrected chi connectivity index (χ4v) is 2.61. The average Bonchev–Trinajstić information content (AvgIpc) is 2.49. The number of nitrogens with one attached hydrogen (secondary N) is 1. The van der Waals surface area contributed by atoms with Crippen LogP contribution in [0.5, 0.6) is 0 Å². The highest BCUT2D eigenvalue weighted by Crippen LogP contribution is 2.35. The molecule has 4 N–H and O–H groups in total. The average molecular weight is 332 g/mol. The molecular formula is C14H19Cl2N3O2. The van der Waals surface area contributed by atoms with Crippen molar-refractivity contribution in [1.82, 2.24) is 0 Å². The maximum absolute atomic E-state index is 12.6. The molecule has 0 aliphatic heterocycles. The largest absolute Gasteiger partial charge is 0.409 e. The monoisotopic (exact) mass is 331 g/mol. The number of aryl methyl sites for hydroxylation is 1. The van der Waals surface area contributed by atoms with E-state index in [9.17, 15) is 4.79 Å². The highest BCUT2D eigenvalue weighted by molar-refractivity contribution is 6.40. The number of amidine groups is 1. The van der Waals surface area contributed by atoms with Crippen LogP contribution in [-0.4, -0.2) is 17.0 Å². The molecule has 116 valence electrons. The van der Waals surface area contributed by atoms with Crippen molar-refractivity contribution in [3.63, 3.8) is 0 Å². The Hall–Kier alpha value is -1.46. The van der Waals surface area contributed by atoms with Crippen molar-refractivity contribution in [2.24, 2.45) is 16.3 Å². The van der Waals surface area contributed by atoms with Crippen molar-refractivity contribution < 1.29 is 10.0 Å². The Kier molecular flexibility index (Phi) is 5.87. The quantitative estimate of drug-likeness (QED) is 0.332. The summed E-state index contributed by atoms with van der Waals surface area (Å²) in [6.45, 7) is 5.39. The minimum Gasteiger partial charge on any atom is -0.409 e. The fourth-order valence-electron chi connectivity index (χ4n) is 2.15. The van der Waals surface area contributed by atoms with Gasteiger partial charge in [-0.15, -0.1) is 0 Å². The van der Waals surface area contributed by atoms with Gasteiger partial charge in [-0.2, -0.15) is 0 Å². The van der Waals surface area contributed by atoms with Crippen LogP contribution in [-0.2, 0) is 4.79 Å². The number of hydrogen-bond donors (Lipinski definition) is 3. The van der Waals surface area contributed by atoms with Crippen molar-refractivity contribution in [1.29, 1.82) is 0 Å². The number of rotatable bonds is 5.